The van der Waals surface area contributed by atoms with Crippen LogP contribution in [0, 0.1) is 16.0 Å². The van der Waals surface area contributed by atoms with Crippen molar-refractivity contribution in [2.45, 2.75) is 19.4 Å². The van der Waals surface area contributed by atoms with Crippen molar-refractivity contribution in [2.24, 2.45) is 5.92 Å². The molecule has 34 heavy (non-hydrogen) atoms. The molecule has 3 aromatic rings. The summed E-state index contributed by atoms with van der Waals surface area (Å²) >= 11 is 5.83. The van der Waals surface area contributed by atoms with Crippen molar-refractivity contribution < 1.29 is 23.7 Å². The SMILES string of the molecule is O=C(NCc1ccco1)C1CCN(C(=O)c2ccc(Oc3ccc(Cl)cc3[N+](=O)[O-])cc2)CC1. The van der Waals surface area contributed by atoms with E-state index in [9.17, 15) is 19.7 Å². The molecule has 0 unspecified atom stereocenters. The summed E-state index contributed by atoms with van der Waals surface area (Å²) in [5.41, 5.74) is 0.224. The number of carbonyl (C=O) groups is 2. The number of furan rings is 1. The van der Waals surface area contributed by atoms with Gasteiger partial charge >= 0.3 is 5.69 Å². The zero-order chi connectivity index (χ0) is 24.1. The van der Waals surface area contributed by atoms with Crippen LogP contribution in [0.4, 0.5) is 5.69 Å². The van der Waals surface area contributed by atoms with Gasteiger partial charge in [0.15, 0.2) is 0 Å². The van der Waals surface area contributed by atoms with Gasteiger partial charge in [-0.2, -0.15) is 0 Å². The third-order valence-corrected chi connectivity index (χ3v) is 5.85. The lowest BCUT2D eigenvalue weighted by molar-refractivity contribution is -0.385. The highest BCUT2D eigenvalue weighted by Crippen LogP contribution is 2.33. The molecule has 1 aliphatic rings. The van der Waals surface area contributed by atoms with Crippen molar-refractivity contribution in [1.29, 1.82) is 0 Å². The lowest BCUT2D eigenvalue weighted by Gasteiger charge is -2.31. The summed E-state index contributed by atoms with van der Waals surface area (Å²) < 4.78 is 10.8. The van der Waals surface area contributed by atoms with Crippen LogP contribution in [0.15, 0.2) is 65.3 Å². The van der Waals surface area contributed by atoms with Crippen LogP contribution in [-0.2, 0) is 11.3 Å². The maximum atomic E-state index is 12.9. The van der Waals surface area contributed by atoms with Crippen LogP contribution < -0.4 is 10.1 Å². The number of benzene rings is 2. The van der Waals surface area contributed by atoms with E-state index in [1.165, 1.54) is 18.2 Å². The highest BCUT2D eigenvalue weighted by Gasteiger charge is 2.28. The lowest BCUT2D eigenvalue weighted by Crippen LogP contribution is -2.42. The summed E-state index contributed by atoms with van der Waals surface area (Å²) in [6.07, 6.45) is 2.72. The number of hydrogen-bond donors (Lipinski definition) is 1. The third kappa shape index (κ3) is 5.55. The minimum atomic E-state index is -0.569. The summed E-state index contributed by atoms with van der Waals surface area (Å²) in [4.78, 5) is 37.6. The Bertz CT molecular complexity index is 1170. The van der Waals surface area contributed by atoms with Crippen LogP contribution in [-0.4, -0.2) is 34.7 Å². The third-order valence-electron chi connectivity index (χ3n) is 5.62. The first-order chi connectivity index (χ1) is 16.4. The number of halogens is 1. The Morgan fingerprint density at radius 3 is 2.53 bits per heavy atom. The molecule has 0 saturated carbocycles. The normalized spacial score (nSPS) is 14.0. The quantitative estimate of drug-likeness (QED) is 0.381. The summed E-state index contributed by atoms with van der Waals surface area (Å²) in [6, 6.07) is 14.1. The molecule has 10 heteroatoms. The number of nitro benzene ring substituents is 1. The van der Waals surface area contributed by atoms with Crippen LogP contribution in [0.25, 0.3) is 0 Å². The monoisotopic (exact) mass is 483 g/mol. The highest BCUT2D eigenvalue weighted by molar-refractivity contribution is 6.30. The molecule has 2 heterocycles. The molecule has 1 saturated heterocycles. The van der Waals surface area contributed by atoms with Crippen molar-refractivity contribution in [3.8, 4) is 11.5 Å². The zero-order valence-electron chi connectivity index (χ0n) is 18.1. The first kappa shape index (κ1) is 23.3. The first-order valence-corrected chi connectivity index (χ1v) is 11.1. The van der Waals surface area contributed by atoms with E-state index in [0.29, 0.717) is 49.5 Å². The Balaban J connectivity index is 1.31. The fourth-order valence-electron chi connectivity index (χ4n) is 3.77. The van der Waals surface area contributed by atoms with Gasteiger partial charge in [0.1, 0.15) is 11.5 Å². The summed E-state index contributed by atoms with van der Waals surface area (Å²) in [5.74, 6) is 0.776. The number of likely N-dealkylation sites (tertiary alicyclic amines) is 1. The number of amides is 2. The average Bonchev–Trinajstić information content (AvgIpc) is 3.37. The van der Waals surface area contributed by atoms with Gasteiger partial charge < -0.3 is 19.4 Å². The Kier molecular flexibility index (Phi) is 7.12. The second-order valence-electron chi connectivity index (χ2n) is 7.86. The Morgan fingerprint density at radius 1 is 1.15 bits per heavy atom. The smallest absolute Gasteiger partial charge is 0.313 e. The van der Waals surface area contributed by atoms with Gasteiger partial charge in [0, 0.05) is 35.7 Å². The summed E-state index contributed by atoms with van der Waals surface area (Å²) in [5, 5.41) is 14.3. The van der Waals surface area contributed by atoms with Gasteiger partial charge in [0.05, 0.1) is 17.7 Å². The summed E-state index contributed by atoms with van der Waals surface area (Å²) in [6.45, 7) is 1.30. The topological polar surface area (TPSA) is 115 Å². The number of nitro groups is 1. The van der Waals surface area contributed by atoms with Crippen molar-refractivity contribution >= 4 is 29.1 Å². The molecule has 1 aromatic heterocycles. The number of piperidine rings is 1. The average molecular weight is 484 g/mol. The van der Waals surface area contributed by atoms with E-state index < -0.39 is 4.92 Å². The second-order valence-corrected chi connectivity index (χ2v) is 8.30. The molecule has 9 nitrogen and oxygen atoms in total. The molecule has 0 radical (unpaired) electrons. The van der Waals surface area contributed by atoms with E-state index in [1.807, 2.05) is 0 Å². The van der Waals surface area contributed by atoms with E-state index in [-0.39, 0.29) is 34.2 Å². The van der Waals surface area contributed by atoms with Crippen molar-refractivity contribution in [1.82, 2.24) is 10.2 Å². The van der Waals surface area contributed by atoms with Crippen LogP contribution in [0.2, 0.25) is 5.02 Å². The van der Waals surface area contributed by atoms with Gasteiger partial charge in [-0.15, -0.1) is 0 Å². The van der Waals surface area contributed by atoms with Gasteiger partial charge in [-0.05, 0) is 61.4 Å². The van der Waals surface area contributed by atoms with Gasteiger partial charge in [0.25, 0.3) is 5.91 Å². The molecule has 0 spiro atoms. The number of nitrogens with one attached hydrogen (secondary N) is 1. The molecule has 1 fully saturated rings. The Hall–Kier alpha value is -3.85. The molecule has 0 bridgehead atoms. The number of hydrogen-bond acceptors (Lipinski definition) is 6. The predicted octanol–water partition coefficient (Wildman–Crippen LogP) is 4.80. The van der Waals surface area contributed by atoms with Crippen LogP contribution >= 0.6 is 11.6 Å². The van der Waals surface area contributed by atoms with E-state index in [4.69, 9.17) is 20.8 Å². The van der Waals surface area contributed by atoms with Crippen molar-refractivity contribution in [3.63, 3.8) is 0 Å². The molecule has 176 valence electrons. The van der Waals surface area contributed by atoms with E-state index >= 15 is 0 Å². The van der Waals surface area contributed by atoms with Crippen LogP contribution in [0.5, 0.6) is 11.5 Å². The predicted molar refractivity (Wildman–Crippen MR) is 124 cm³/mol. The minimum absolute atomic E-state index is 0.0405. The van der Waals surface area contributed by atoms with Crippen LogP contribution in [0.3, 0.4) is 0 Å². The van der Waals surface area contributed by atoms with E-state index in [0.717, 1.165) is 0 Å². The molecular formula is C24H22ClN3O6. The number of nitrogens with zero attached hydrogens (tertiary/aromatic N) is 2. The van der Waals surface area contributed by atoms with Gasteiger partial charge in [-0.25, -0.2) is 0 Å². The summed E-state index contributed by atoms with van der Waals surface area (Å²) in [7, 11) is 0. The maximum absolute atomic E-state index is 12.9. The molecule has 2 amide bonds. The minimum Gasteiger partial charge on any atom is -0.467 e. The first-order valence-electron chi connectivity index (χ1n) is 10.7. The lowest BCUT2D eigenvalue weighted by atomic mass is 9.95. The Labute approximate surface area is 200 Å². The second kappa shape index (κ2) is 10.4. The van der Waals surface area contributed by atoms with Gasteiger partial charge in [-0.3, -0.25) is 19.7 Å². The largest absolute Gasteiger partial charge is 0.467 e. The fraction of sp³-hybridized carbons (Fsp3) is 0.250. The molecule has 0 aliphatic carbocycles. The fourth-order valence-corrected chi connectivity index (χ4v) is 3.94. The van der Waals surface area contributed by atoms with E-state index in [2.05, 4.69) is 5.32 Å². The molecule has 1 N–H and O–H groups in total. The molecule has 2 aromatic carbocycles. The Morgan fingerprint density at radius 2 is 1.88 bits per heavy atom. The van der Waals surface area contributed by atoms with Crippen molar-refractivity contribution in [2.75, 3.05) is 13.1 Å². The molecule has 0 atom stereocenters. The standard InChI is InChI=1S/C24H22ClN3O6/c25-18-5-8-22(21(14-18)28(31)32)34-19-6-3-17(4-7-19)24(30)27-11-9-16(10-12-27)23(29)26-15-20-2-1-13-33-20/h1-8,13-14,16H,9-12,15H2,(H,26,29). The number of ether oxygens (including phenoxy) is 1. The molecule has 4 rings (SSSR count). The van der Waals surface area contributed by atoms with E-state index in [1.54, 1.807) is 47.6 Å². The van der Waals surface area contributed by atoms with Gasteiger partial charge in [-0.1, -0.05) is 11.6 Å². The van der Waals surface area contributed by atoms with Crippen LogP contribution in [0.1, 0.15) is 29.0 Å². The number of rotatable bonds is 7. The number of carbonyl (C=O) groups excluding carboxylic acids is 2. The van der Waals surface area contributed by atoms with Gasteiger partial charge in [0.2, 0.25) is 11.7 Å². The maximum Gasteiger partial charge on any atom is 0.313 e. The van der Waals surface area contributed by atoms with Crippen molar-refractivity contribution in [3.05, 3.63) is 87.3 Å². The molecular weight excluding hydrogens is 462 g/mol. The zero-order valence-corrected chi connectivity index (χ0v) is 18.9. The molecule has 1 aliphatic heterocycles. The highest BCUT2D eigenvalue weighted by atomic mass is 35.5.